The van der Waals surface area contributed by atoms with E-state index in [0.29, 0.717) is 6.54 Å². The maximum Gasteiger partial charge on any atom is 0.123 e. The lowest BCUT2D eigenvalue weighted by atomic mass is 9.93. The lowest BCUT2D eigenvalue weighted by molar-refractivity contribution is 0.604. The Morgan fingerprint density at radius 1 is 1.29 bits per heavy atom. The first-order valence-electron chi connectivity index (χ1n) is 5.76. The molecule has 2 rings (SSSR count). The highest BCUT2D eigenvalue weighted by Crippen LogP contribution is 2.22. The number of hydrogen-bond acceptors (Lipinski definition) is 2. The number of benzene rings is 1. The summed E-state index contributed by atoms with van der Waals surface area (Å²) in [6.45, 7) is 0.563. The van der Waals surface area contributed by atoms with Crippen LogP contribution in [0.4, 0.5) is 4.39 Å². The summed E-state index contributed by atoms with van der Waals surface area (Å²) in [5.41, 5.74) is 8.11. The van der Waals surface area contributed by atoms with E-state index in [1.807, 2.05) is 6.07 Å². The van der Waals surface area contributed by atoms with Crippen LogP contribution in [0, 0.1) is 5.82 Å². The molecule has 17 heavy (non-hydrogen) atoms. The van der Waals surface area contributed by atoms with Gasteiger partial charge in [0.1, 0.15) is 5.82 Å². The molecule has 2 N–H and O–H groups in total. The van der Waals surface area contributed by atoms with E-state index in [2.05, 4.69) is 16.8 Å². The molecule has 0 spiro atoms. The summed E-state index contributed by atoms with van der Waals surface area (Å²) in [4.78, 5) is 0. The minimum absolute atomic E-state index is 0.184. The summed E-state index contributed by atoms with van der Waals surface area (Å²) in [6, 6.07) is 8.89. The molecular weight excluding hydrogens is 233 g/mol. The largest absolute Gasteiger partial charge is 0.330 e. The van der Waals surface area contributed by atoms with Crippen LogP contribution in [0.25, 0.3) is 0 Å². The zero-order valence-corrected chi connectivity index (χ0v) is 10.4. The summed E-state index contributed by atoms with van der Waals surface area (Å²) in [5.74, 6) is 0.0575. The summed E-state index contributed by atoms with van der Waals surface area (Å²) in [7, 11) is 0. The van der Waals surface area contributed by atoms with Crippen LogP contribution >= 0.6 is 11.3 Å². The number of halogens is 1. The van der Waals surface area contributed by atoms with E-state index in [-0.39, 0.29) is 11.7 Å². The molecular formula is C14H16FNS. The van der Waals surface area contributed by atoms with Gasteiger partial charge >= 0.3 is 0 Å². The van der Waals surface area contributed by atoms with E-state index in [0.717, 1.165) is 18.4 Å². The molecule has 90 valence electrons. The molecule has 0 bridgehead atoms. The monoisotopic (exact) mass is 249 g/mol. The number of aryl methyl sites for hydroxylation is 1. The minimum Gasteiger partial charge on any atom is -0.330 e. The molecule has 0 amide bonds. The van der Waals surface area contributed by atoms with Gasteiger partial charge in [-0.1, -0.05) is 12.1 Å². The van der Waals surface area contributed by atoms with Crippen molar-refractivity contribution in [3.8, 4) is 0 Å². The van der Waals surface area contributed by atoms with Gasteiger partial charge in [-0.3, -0.25) is 0 Å². The van der Waals surface area contributed by atoms with Crippen molar-refractivity contribution in [2.24, 2.45) is 5.73 Å². The average Bonchev–Trinajstić information content (AvgIpc) is 2.83. The van der Waals surface area contributed by atoms with Crippen LogP contribution in [-0.4, -0.2) is 6.54 Å². The normalized spacial score (nSPS) is 12.6. The highest BCUT2D eigenvalue weighted by atomic mass is 32.1. The second-order valence-corrected chi connectivity index (χ2v) is 4.94. The van der Waals surface area contributed by atoms with Gasteiger partial charge in [0, 0.05) is 0 Å². The van der Waals surface area contributed by atoms with Crippen molar-refractivity contribution in [2.75, 3.05) is 6.54 Å². The van der Waals surface area contributed by atoms with Gasteiger partial charge in [-0.2, -0.15) is 11.3 Å². The van der Waals surface area contributed by atoms with Crippen LogP contribution in [0.5, 0.6) is 0 Å². The number of nitrogens with two attached hydrogens (primary N) is 1. The van der Waals surface area contributed by atoms with Crippen molar-refractivity contribution in [2.45, 2.75) is 18.8 Å². The molecule has 1 nitrogen and oxygen atoms in total. The molecule has 1 aromatic heterocycles. The van der Waals surface area contributed by atoms with Crippen molar-refractivity contribution in [3.63, 3.8) is 0 Å². The van der Waals surface area contributed by atoms with E-state index in [4.69, 9.17) is 5.73 Å². The second kappa shape index (κ2) is 5.94. The van der Waals surface area contributed by atoms with Gasteiger partial charge in [0.2, 0.25) is 0 Å². The lowest BCUT2D eigenvalue weighted by Gasteiger charge is -2.14. The summed E-state index contributed by atoms with van der Waals surface area (Å²) >= 11 is 1.71. The van der Waals surface area contributed by atoms with Crippen molar-refractivity contribution >= 4 is 11.3 Å². The van der Waals surface area contributed by atoms with Crippen LogP contribution in [0.3, 0.4) is 0 Å². The van der Waals surface area contributed by atoms with Gasteiger partial charge in [-0.05, 0) is 65.4 Å². The van der Waals surface area contributed by atoms with Gasteiger partial charge in [0.15, 0.2) is 0 Å². The second-order valence-electron chi connectivity index (χ2n) is 4.16. The van der Waals surface area contributed by atoms with E-state index >= 15 is 0 Å². The molecule has 1 aromatic carbocycles. The molecule has 0 radical (unpaired) electrons. The molecule has 0 saturated carbocycles. The maximum atomic E-state index is 13.1. The lowest BCUT2D eigenvalue weighted by Crippen LogP contribution is -2.13. The van der Waals surface area contributed by atoms with E-state index in [1.165, 1.54) is 11.6 Å². The Morgan fingerprint density at radius 2 is 2.18 bits per heavy atom. The molecule has 0 saturated heterocycles. The van der Waals surface area contributed by atoms with E-state index in [9.17, 15) is 4.39 Å². The third-order valence-corrected chi connectivity index (χ3v) is 3.70. The smallest absolute Gasteiger partial charge is 0.123 e. The third-order valence-electron chi connectivity index (χ3n) is 2.97. The van der Waals surface area contributed by atoms with Crippen molar-refractivity contribution in [1.82, 2.24) is 0 Å². The van der Waals surface area contributed by atoms with Gasteiger partial charge in [-0.25, -0.2) is 4.39 Å². The van der Waals surface area contributed by atoms with Crippen LogP contribution in [0.2, 0.25) is 0 Å². The Morgan fingerprint density at radius 3 is 2.82 bits per heavy atom. The highest BCUT2D eigenvalue weighted by molar-refractivity contribution is 7.07. The molecule has 0 aliphatic rings. The van der Waals surface area contributed by atoms with Gasteiger partial charge in [-0.15, -0.1) is 0 Å². The molecule has 0 aliphatic heterocycles. The third kappa shape index (κ3) is 3.38. The van der Waals surface area contributed by atoms with Crippen LogP contribution in [-0.2, 0) is 6.42 Å². The van der Waals surface area contributed by atoms with Gasteiger partial charge < -0.3 is 5.73 Å². The molecule has 3 heteroatoms. The predicted octanol–water partition coefficient (Wildman–Crippen LogP) is 3.56. The van der Waals surface area contributed by atoms with Crippen molar-refractivity contribution in [1.29, 1.82) is 0 Å². The molecule has 0 fully saturated rings. The number of hydrogen-bond donors (Lipinski definition) is 1. The Kier molecular flexibility index (Phi) is 4.29. The Labute approximate surface area is 105 Å². The van der Waals surface area contributed by atoms with Crippen LogP contribution in [0.15, 0.2) is 41.1 Å². The maximum absolute atomic E-state index is 13.1. The van der Waals surface area contributed by atoms with Crippen molar-refractivity contribution < 1.29 is 4.39 Å². The standard InChI is InChI=1S/C14H16FNS/c15-14-3-1-2-12(8-14)13(9-16)5-4-11-6-7-17-10-11/h1-3,6-8,10,13H,4-5,9,16H2. The fourth-order valence-corrected chi connectivity index (χ4v) is 2.66. The number of rotatable bonds is 5. The topological polar surface area (TPSA) is 26.0 Å². The quantitative estimate of drug-likeness (QED) is 0.861. The Bertz CT molecular complexity index is 453. The molecule has 2 aromatic rings. The molecule has 0 aliphatic carbocycles. The first kappa shape index (κ1) is 12.3. The minimum atomic E-state index is -0.184. The predicted molar refractivity (Wildman–Crippen MR) is 70.8 cm³/mol. The van der Waals surface area contributed by atoms with Crippen molar-refractivity contribution in [3.05, 3.63) is 58.0 Å². The summed E-state index contributed by atoms with van der Waals surface area (Å²) in [6.07, 6.45) is 1.97. The fraction of sp³-hybridized carbons (Fsp3) is 0.286. The Hall–Kier alpha value is -1.19. The van der Waals surface area contributed by atoms with E-state index in [1.54, 1.807) is 23.5 Å². The molecule has 1 unspecified atom stereocenters. The first-order valence-corrected chi connectivity index (χ1v) is 6.70. The van der Waals surface area contributed by atoms with Crippen LogP contribution in [0.1, 0.15) is 23.5 Å². The number of thiophene rings is 1. The van der Waals surface area contributed by atoms with Gasteiger partial charge in [0.05, 0.1) is 0 Å². The first-order chi connectivity index (χ1) is 8.29. The van der Waals surface area contributed by atoms with E-state index < -0.39 is 0 Å². The fourth-order valence-electron chi connectivity index (χ4n) is 1.96. The van der Waals surface area contributed by atoms with Gasteiger partial charge in [0.25, 0.3) is 0 Å². The van der Waals surface area contributed by atoms with Crippen LogP contribution < -0.4 is 5.73 Å². The SMILES string of the molecule is NCC(CCc1ccsc1)c1cccc(F)c1. The highest BCUT2D eigenvalue weighted by Gasteiger charge is 2.10. The average molecular weight is 249 g/mol. The summed E-state index contributed by atoms with van der Waals surface area (Å²) in [5, 5.41) is 4.23. The molecule has 1 atom stereocenters. The zero-order chi connectivity index (χ0) is 12.1. The Balaban J connectivity index is 2.01. The zero-order valence-electron chi connectivity index (χ0n) is 9.60. The summed E-state index contributed by atoms with van der Waals surface area (Å²) < 4.78 is 13.1. The molecule has 1 heterocycles.